The zero-order valence-electron chi connectivity index (χ0n) is 17.1. The molecule has 0 aromatic heterocycles. The van der Waals surface area contributed by atoms with E-state index < -0.39 is 0 Å². The van der Waals surface area contributed by atoms with Crippen LogP contribution >= 0.6 is 23.4 Å². The molecule has 1 saturated heterocycles. The first-order valence-corrected chi connectivity index (χ1v) is 11.3. The molecule has 2 aromatic rings. The fraction of sp³-hybridized carbons (Fsp3) is 0.455. The highest BCUT2D eigenvalue weighted by atomic mass is 35.5. The van der Waals surface area contributed by atoms with E-state index in [0.29, 0.717) is 0 Å². The second-order valence-corrected chi connectivity index (χ2v) is 9.53. The standard InChI is InChI=1S/C22H28ClN3S.2ClH/c1-24-14-10-18(11-15-24)25(2)12-5-13-26-19-6-3-4-7-21(19)27-22-9-8-17(23)16-20(22)26;;/h3-4,6-9,16,18H,5,10-15H2,1-2H3;2*1H. The van der Waals surface area contributed by atoms with Gasteiger partial charge in [-0.05, 0) is 30.3 Å². The highest BCUT2D eigenvalue weighted by molar-refractivity contribution is 7.99. The van der Waals surface area contributed by atoms with Crippen LogP contribution in [0.1, 0.15) is 19.3 Å². The molecule has 1 atom stereocenters. The van der Waals surface area contributed by atoms with Crippen LogP contribution in [0.5, 0.6) is 0 Å². The molecule has 1 fully saturated rings. The fourth-order valence-electron chi connectivity index (χ4n) is 4.37. The number of piperidine rings is 1. The third-order valence-electron chi connectivity index (χ3n) is 6.08. The zero-order chi connectivity index (χ0) is 18.8. The molecule has 2 aliphatic rings. The lowest BCUT2D eigenvalue weighted by atomic mass is 10.0. The minimum Gasteiger partial charge on any atom is -1.00 e. The van der Waals surface area contributed by atoms with Gasteiger partial charge >= 0.3 is 0 Å². The van der Waals surface area contributed by atoms with Gasteiger partial charge in [0.05, 0.1) is 51.1 Å². The molecule has 0 radical (unpaired) electrons. The van der Waals surface area contributed by atoms with Crippen LogP contribution in [0.15, 0.2) is 52.3 Å². The number of para-hydroxylation sites is 1. The molecule has 0 bridgehead atoms. The summed E-state index contributed by atoms with van der Waals surface area (Å²) in [6.07, 6.45) is 3.91. The summed E-state index contributed by atoms with van der Waals surface area (Å²) < 4.78 is 0. The smallest absolute Gasteiger partial charge is 0.0981 e. The van der Waals surface area contributed by atoms with Crippen molar-refractivity contribution in [3.05, 3.63) is 47.5 Å². The molecule has 7 heteroatoms. The number of quaternary nitrogens is 2. The summed E-state index contributed by atoms with van der Waals surface area (Å²) in [5.41, 5.74) is 2.57. The van der Waals surface area contributed by atoms with E-state index in [-0.39, 0.29) is 24.8 Å². The molecule has 160 valence electrons. The van der Waals surface area contributed by atoms with Crippen molar-refractivity contribution in [3.8, 4) is 0 Å². The molecule has 2 aromatic carbocycles. The van der Waals surface area contributed by atoms with Gasteiger partial charge in [-0.15, -0.1) is 0 Å². The molecular formula is C22H30Cl3N3S. The second-order valence-electron chi connectivity index (χ2n) is 8.01. The van der Waals surface area contributed by atoms with Crippen LogP contribution in [0.4, 0.5) is 11.4 Å². The molecule has 0 spiro atoms. The Balaban J connectivity index is 0.00000150. The number of fused-ring (bicyclic) bond motifs is 2. The maximum Gasteiger partial charge on any atom is 0.0981 e. The Morgan fingerprint density at radius 2 is 1.76 bits per heavy atom. The van der Waals surface area contributed by atoms with Crippen LogP contribution < -0.4 is 39.5 Å². The maximum absolute atomic E-state index is 6.32. The maximum atomic E-state index is 6.32. The average Bonchev–Trinajstić information content (AvgIpc) is 2.68. The Bertz CT molecular complexity index is 797. The second kappa shape index (κ2) is 11.1. The van der Waals surface area contributed by atoms with Gasteiger partial charge in [-0.25, -0.2) is 0 Å². The van der Waals surface area contributed by atoms with Gasteiger partial charge in [-0.3, -0.25) is 0 Å². The van der Waals surface area contributed by atoms with Gasteiger partial charge in [0, 0.05) is 40.6 Å². The third-order valence-corrected chi connectivity index (χ3v) is 7.44. The summed E-state index contributed by atoms with van der Waals surface area (Å²) >= 11 is 8.17. The van der Waals surface area contributed by atoms with Crippen LogP contribution in [-0.2, 0) is 0 Å². The molecule has 1 unspecified atom stereocenters. The molecule has 0 saturated carbocycles. The minimum atomic E-state index is 0. The molecule has 0 aliphatic carbocycles. The number of likely N-dealkylation sites (tertiary alicyclic amines) is 1. The molecule has 2 aliphatic heterocycles. The number of hydrogen-bond donors (Lipinski definition) is 2. The first-order valence-electron chi connectivity index (χ1n) is 10.1. The van der Waals surface area contributed by atoms with E-state index >= 15 is 0 Å². The summed E-state index contributed by atoms with van der Waals surface area (Å²) in [4.78, 5) is 8.51. The van der Waals surface area contributed by atoms with Gasteiger partial charge in [-0.1, -0.05) is 35.5 Å². The minimum absolute atomic E-state index is 0. The van der Waals surface area contributed by atoms with E-state index in [2.05, 4.69) is 55.4 Å². The lowest BCUT2D eigenvalue weighted by Crippen LogP contribution is -3.18. The van der Waals surface area contributed by atoms with Crippen LogP contribution in [0.25, 0.3) is 0 Å². The van der Waals surface area contributed by atoms with Crippen LogP contribution in [0.2, 0.25) is 5.02 Å². The highest BCUT2D eigenvalue weighted by Crippen LogP contribution is 2.48. The SMILES string of the molecule is C[NH+]1CCC([NH+](C)CCCN2c3ccccc3Sc3ccc(Cl)cc32)CC1.[Cl-].[Cl-]. The van der Waals surface area contributed by atoms with Crippen molar-refractivity contribution in [2.24, 2.45) is 0 Å². The van der Waals surface area contributed by atoms with Gasteiger partial charge in [0.15, 0.2) is 0 Å². The Kier molecular flexibility index (Phi) is 9.46. The Morgan fingerprint density at radius 1 is 1.07 bits per heavy atom. The Morgan fingerprint density at radius 3 is 2.52 bits per heavy atom. The summed E-state index contributed by atoms with van der Waals surface area (Å²) in [5, 5.41) is 0.815. The number of nitrogens with zero attached hydrogens (tertiary/aromatic N) is 1. The van der Waals surface area contributed by atoms with Crippen molar-refractivity contribution >= 4 is 34.7 Å². The monoisotopic (exact) mass is 473 g/mol. The van der Waals surface area contributed by atoms with E-state index in [1.807, 2.05) is 17.8 Å². The molecule has 29 heavy (non-hydrogen) atoms. The molecule has 2 heterocycles. The van der Waals surface area contributed by atoms with Crippen molar-refractivity contribution in [3.63, 3.8) is 0 Å². The van der Waals surface area contributed by atoms with Gasteiger partial charge in [0.2, 0.25) is 0 Å². The predicted octanol–water partition coefficient (Wildman–Crippen LogP) is -3.47. The predicted molar refractivity (Wildman–Crippen MR) is 115 cm³/mol. The van der Waals surface area contributed by atoms with Crippen molar-refractivity contribution in [1.82, 2.24) is 0 Å². The number of benzene rings is 2. The first-order chi connectivity index (χ1) is 13.1. The van der Waals surface area contributed by atoms with E-state index in [0.717, 1.165) is 17.6 Å². The largest absolute Gasteiger partial charge is 1.00 e. The van der Waals surface area contributed by atoms with Crippen molar-refractivity contribution in [2.75, 3.05) is 45.2 Å². The number of halogens is 3. The van der Waals surface area contributed by atoms with E-state index in [9.17, 15) is 0 Å². The summed E-state index contributed by atoms with van der Waals surface area (Å²) in [6, 6.07) is 15.8. The summed E-state index contributed by atoms with van der Waals surface area (Å²) in [6.45, 7) is 4.92. The fourth-order valence-corrected chi connectivity index (χ4v) is 5.61. The van der Waals surface area contributed by atoms with E-state index in [4.69, 9.17) is 11.6 Å². The summed E-state index contributed by atoms with van der Waals surface area (Å²) in [5.74, 6) is 0. The lowest BCUT2D eigenvalue weighted by Gasteiger charge is -2.34. The van der Waals surface area contributed by atoms with Gasteiger partial charge in [-0.2, -0.15) is 0 Å². The number of hydrogen-bond acceptors (Lipinski definition) is 2. The van der Waals surface area contributed by atoms with E-state index in [1.165, 1.54) is 60.1 Å². The topological polar surface area (TPSA) is 12.1 Å². The highest BCUT2D eigenvalue weighted by Gasteiger charge is 2.27. The molecule has 0 amide bonds. The normalized spacial score (nSPS) is 21.3. The Labute approximate surface area is 196 Å². The first kappa shape index (κ1) is 24.6. The van der Waals surface area contributed by atoms with Crippen molar-refractivity contribution in [1.29, 1.82) is 0 Å². The lowest BCUT2D eigenvalue weighted by molar-refractivity contribution is -0.939. The van der Waals surface area contributed by atoms with Crippen LogP contribution in [0, 0.1) is 0 Å². The average molecular weight is 475 g/mol. The number of rotatable bonds is 5. The number of anilines is 2. The van der Waals surface area contributed by atoms with Crippen molar-refractivity contribution < 1.29 is 34.6 Å². The van der Waals surface area contributed by atoms with Crippen LogP contribution in [-0.4, -0.2) is 46.3 Å². The summed E-state index contributed by atoms with van der Waals surface area (Å²) in [7, 11) is 4.70. The van der Waals surface area contributed by atoms with Crippen molar-refractivity contribution in [2.45, 2.75) is 35.1 Å². The van der Waals surface area contributed by atoms with Gasteiger partial charge in [0.1, 0.15) is 0 Å². The Hall–Kier alpha value is -0.620. The van der Waals surface area contributed by atoms with E-state index in [1.54, 1.807) is 9.80 Å². The quantitative estimate of drug-likeness (QED) is 0.467. The zero-order valence-corrected chi connectivity index (χ0v) is 20.1. The number of nitrogens with one attached hydrogen (secondary N) is 2. The third kappa shape index (κ3) is 5.75. The molecular weight excluding hydrogens is 445 g/mol. The molecule has 4 rings (SSSR count). The molecule has 2 N–H and O–H groups in total. The molecule has 3 nitrogen and oxygen atoms in total. The van der Waals surface area contributed by atoms with Gasteiger partial charge < -0.3 is 39.5 Å². The van der Waals surface area contributed by atoms with Gasteiger partial charge in [0.25, 0.3) is 0 Å². The van der Waals surface area contributed by atoms with Crippen LogP contribution in [0.3, 0.4) is 0 Å².